The quantitative estimate of drug-likeness (QED) is 0.891. The molecular formula is C14H19NO3S. The van der Waals surface area contributed by atoms with Crippen LogP contribution < -0.4 is 5.32 Å². The molecule has 4 nitrogen and oxygen atoms in total. The van der Waals surface area contributed by atoms with E-state index >= 15 is 0 Å². The van der Waals surface area contributed by atoms with Crippen LogP contribution in [0.25, 0.3) is 0 Å². The summed E-state index contributed by atoms with van der Waals surface area (Å²) in [6, 6.07) is 3.05. The molecule has 1 amide bonds. The highest BCUT2D eigenvalue weighted by Gasteiger charge is 2.22. The Morgan fingerprint density at radius 1 is 1.32 bits per heavy atom. The van der Waals surface area contributed by atoms with Crippen molar-refractivity contribution in [2.24, 2.45) is 11.8 Å². The Hall–Kier alpha value is -1.36. The van der Waals surface area contributed by atoms with Gasteiger partial charge >= 0.3 is 5.97 Å². The van der Waals surface area contributed by atoms with E-state index < -0.39 is 5.97 Å². The first-order chi connectivity index (χ1) is 9.08. The smallest absolute Gasteiger partial charge is 0.345 e. The molecule has 1 saturated carbocycles. The lowest BCUT2D eigenvalue weighted by molar-refractivity contribution is 0.0702. The van der Waals surface area contributed by atoms with Crippen LogP contribution in [-0.4, -0.2) is 23.5 Å². The number of hydrogen-bond acceptors (Lipinski definition) is 3. The SMILES string of the molecule is CC1CCCCC1CNC(=O)c1ccc(C(=O)O)s1. The fraction of sp³-hybridized carbons (Fsp3) is 0.571. The number of carboxylic acid groups (broad SMARTS) is 1. The van der Waals surface area contributed by atoms with Gasteiger partial charge in [0.15, 0.2) is 0 Å². The first-order valence-corrected chi connectivity index (χ1v) is 7.51. The van der Waals surface area contributed by atoms with E-state index in [0.29, 0.717) is 23.3 Å². The minimum Gasteiger partial charge on any atom is -0.477 e. The number of thiophene rings is 1. The number of rotatable bonds is 4. The molecule has 1 aromatic rings. The van der Waals surface area contributed by atoms with Gasteiger partial charge in [0.1, 0.15) is 4.88 Å². The van der Waals surface area contributed by atoms with Gasteiger partial charge in [0, 0.05) is 6.54 Å². The molecular weight excluding hydrogens is 262 g/mol. The van der Waals surface area contributed by atoms with Crippen molar-refractivity contribution in [3.8, 4) is 0 Å². The van der Waals surface area contributed by atoms with Gasteiger partial charge < -0.3 is 10.4 Å². The maximum atomic E-state index is 11.9. The van der Waals surface area contributed by atoms with Crippen LogP contribution in [-0.2, 0) is 0 Å². The summed E-state index contributed by atoms with van der Waals surface area (Å²) in [5, 5.41) is 11.8. The highest BCUT2D eigenvalue weighted by molar-refractivity contribution is 7.15. The first kappa shape index (κ1) is 14.1. The number of nitrogens with one attached hydrogen (secondary N) is 1. The summed E-state index contributed by atoms with van der Waals surface area (Å²) in [7, 11) is 0. The Kier molecular flexibility index (Phi) is 4.58. The summed E-state index contributed by atoms with van der Waals surface area (Å²) >= 11 is 1.02. The predicted octanol–water partition coefficient (Wildman–Crippen LogP) is 3.00. The van der Waals surface area contributed by atoms with E-state index in [2.05, 4.69) is 12.2 Å². The van der Waals surface area contributed by atoms with E-state index in [-0.39, 0.29) is 10.8 Å². The van der Waals surface area contributed by atoms with Crippen molar-refractivity contribution < 1.29 is 14.7 Å². The maximum absolute atomic E-state index is 11.9. The van der Waals surface area contributed by atoms with Crippen molar-refractivity contribution in [1.29, 1.82) is 0 Å². The molecule has 1 heterocycles. The van der Waals surface area contributed by atoms with Crippen LogP contribution in [0.4, 0.5) is 0 Å². The minimum absolute atomic E-state index is 0.157. The molecule has 2 unspecified atom stereocenters. The molecule has 0 radical (unpaired) electrons. The summed E-state index contributed by atoms with van der Waals surface area (Å²) in [6.45, 7) is 2.93. The fourth-order valence-electron chi connectivity index (χ4n) is 2.58. The van der Waals surface area contributed by atoms with E-state index in [1.165, 1.54) is 31.7 Å². The van der Waals surface area contributed by atoms with E-state index in [1.54, 1.807) is 6.07 Å². The topological polar surface area (TPSA) is 66.4 Å². The van der Waals surface area contributed by atoms with Gasteiger partial charge in [-0.3, -0.25) is 4.79 Å². The third kappa shape index (κ3) is 3.56. The Morgan fingerprint density at radius 3 is 2.63 bits per heavy atom. The van der Waals surface area contributed by atoms with Crippen molar-refractivity contribution in [2.45, 2.75) is 32.6 Å². The molecule has 2 atom stereocenters. The average molecular weight is 281 g/mol. The molecule has 5 heteroatoms. The van der Waals surface area contributed by atoms with Crippen LogP contribution >= 0.6 is 11.3 Å². The summed E-state index contributed by atoms with van der Waals surface area (Å²) < 4.78 is 0. The molecule has 1 fully saturated rings. The molecule has 1 aliphatic carbocycles. The van der Waals surface area contributed by atoms with Gasteiger partial charge in [-0.1, -0.05) is 26.2 Å². The van der Waals surface area contributed by atoms with Crippen LogP contribution in [0.1, 0.15) is 52.0 Å². The van der Waals surface area contributed by atoms with E-state index in [4.69, 9.17) is 5.11 Å². The van der Waals surface area contributed by atoms with Crippen molar-refractivity contribution in [2.75, 3.05) is 6.54 Å². The van der Waals surface area contributed by atoms with Crippen molar-refractivity contribution in [1.82, 2.24) is 5.32 Å². The molecule has 1 aliphatic rings. The number of carbonyl (C=O) groups excluding carboxylic acids is 1. The van der Waals surface area contributed by atoms with Gasteiger partial charge in [-0.15, -0.1) is 11.3 Å². The standard InChI is InChI=1S/C14H19NO3S/c1-9-4-2-3-5-10(9)8-15-13(16)11-6-7-12(19-11)14(17)18/h6-7,9-10H,2-5,8H2,1H3,(H,15,16)(H,17,18). The zero-order chi connectivity index (χ0) is 13.8. The summed E-state index contributed by atoms with van der Waals surface area (Å²) in [5.74, 6) is 0.0730. The van der Waals surface area contributed by atoms with Crippen LogP contribution in [0.15, 0.2) is 12.1 Å². The summed E-state index contributed by atoms with van der Waals surface area (Å²) in [6.07, 6.45) is 4.94. The Morgan fingerprint density at radius 2 is 2.00 bits per heavy atom. The largest absolute Gasteiger partial charge is 0.477 e. The van der Waals surface area contributed by atoms with Gasteiger partial charge in [0.25, 0.3) is 5.91 Å². The average Bonchev–Trinajstić information content (AvgIpc) is 2.87. The Balaban J connectivity index is 1.88. The lowest BCUT2D eigenvalue weighted by atomic mass is 9.80. The maximum Gasteiger partial charge on any atom is 0.345 e. The minimum atomic E-state index is -0.982. The number of amides is 1. The second-order valence-corrected chi connectivity index (χ2v) is 6.28. The molecule has 0 saturated heterocycles. The highest BCUT2D eigenvalue weighted by Crippen LogP contribution is 2.29. The number of carboxylic acids is 1. The monoisotopic (exact) mass is 281 g/mol. The van der Waals surface area contributed by atoms with Gasteiger partial charge in [0.2, 0.25) is 0 Å². The highest BCUT2D eigenvalue weighted by atomic mass is 32.1. The van der Waals surface area contributed by atoms with E-state index in [9.17, 15) is 9.59 Å². The van der Waals surface area contributed by atoms with Crippen LogP contribution in [0.3, 0.4) is 0 Å². The molecule has 104 valence electrons. The van der Waals surface area contributed by atoms with E-state index in [1.807, 2.05) is 0 Å². The molecule has 2 N–H and O–H groups in total. The molecule has 0 aliphatic heterocycles. The normalized spacial score (nSPS) is 23.0. The third-order valence-electron chi connectivity index (χ3n) is 3.85. The summed E-state index contributed by atoms with van der Waals surface area (Å²) in [5.41, 5.74) is 0. The van der Waals surface area contributed by atoms with E-state index in [0.717, 1.165) is 11.3 Å². The molecule has 0 spiro atoms. The Bertz CT molecular complexity index is 469. The lowest BCUT2D eigenvalue weighted by Crippen LogP contribution is -2.33. The van der Waals surface area contributed by atoms with Gasteiger partial charge in [-0.2, -0.15) is 0 Å². The van der Waals surface area contributed by atoms with Crippen molar-refractivity contribution >= 4 is 23.2 Å². The second-order valence-electron chi connectivity index (χ2n) is 5.20. The predicted molar refractivity (Wildman–Crippen MR) is 74.7 cm³/mol. The second kappa shape index (κ2) is 6.19. The van der Waals surface area contributed by atoms with Crippen LogP contribution in [0.5, 0.6) is 0 Å². The van der Waals surface area contributed by atoms with Crippen LogP contribution in [0.2, 0.25) is 0 Å². The van der Waals surface area contributed by atoms with Gasteiger partial charge in [0.05, 0.1) is 4.88 Å². The summed E-state index contributed by atoms with van der Waals surface area (Å²) in [4.78, 5) is 23.4. The van der Waals surface area contributed by atoms with Crippen molar-refractivity contribution in [3.63, 3.8) is 0 Å². The van der Waals surface area contributed by atoms with Crippen LogP contribution in [0, 0.1) is 11.8 Å². The number of hydrogen-bond donors (Lipinski definition) is 2. The molecule has 0 aromatic carbocycles. The molecule has 2 rings (SSSR count). The molecule has 1 aromatic heterocycles. The van der Waals surface area contributed by atoms with Crippen molar-refractivity contribution in [3.05, 3.63) is 21.9 Å². The van der Waals surface area contributed by atoms with Gasteiger partial charge in [-0.05, 0) is 30.4 Å². The van der Waals surface area contributed by atoms with Gasteiger partial charge in [-0.25, -0.2) is 4.79 Å². The lowest BCUT2D eigenvalue weighted by Gasteiger charge is -2.28. The zero-order valence-electron chi connectivity index (χ0n) is 11.0. The zero-order valence-corrected chi connectivity index (χ0v) is 11.8. The fourth-order valence-corrected chi connectivity index (χ4v) is 3.34. The third-order valence-corrected chi connectivity index (χ3v) is 4.93. The number of carbonyl (C=O) groups is 2. The first-order valence-electron chi connectivity index (χ1n) is 6.69. The number of aromatic carboxylic acids is 1. The molecule has 0 bridgehead atoms. The Labute approximate surface area is 116 Å². The molecule has 19 heavy (non-hydrogen) atoms.